The quantitative estimate of drug-likeness (QED) is 0.766. The average molecular weight is 262 g/mol. The van der Waals surface area contributed by atoms with Crippen molar-refractivity contribution in [2.75, 3.05) is 7.11 Å². The highest BCUT2D eigenvalue weighted by Gasteiger charge is 2.30. The zero-order valence-electron chi connectivity index (χ0n) is 12.4. The normalized spacial score (nSPS) is 23.2. The molecule has 0 heterocycles. The molecule has 0 saturated heterocycles. The van der Waals surface area contributed by atoms with E-state index in [-0.39, 0.29) is 0 Å². The molecule has 1 unspecified atom stereocenters. The van der Waals surface area contributed by atoms with Crippen molar-refractivity contribution in [3.8, 4) is 0 Å². The molecule has 2 atom stereocenters. The third-order valence-electron chi connectivity index (χ3n) is 4.16. The van der Waals surface area contributed by atoms with E-state index < -0.39 is 0 Å². The number of methoxy groups -OCH3 is 1. The van der Waals surface area contributed by atoms with E-state index >= 15 is 0 Å². The van der Waals surface area contributed by atoms with Crippen molar-refractivity contribution in [2.24, 2.45) is 11.8 Å². The molecule has 0 spiro atoms. The van der Waals surface area contributed by atoms with E-state index in [1.165, 1.54) is 30.4 Å². The van der Waals surface area contributed by atoms with Crippen molar-refractivity contribution in [3.05, 3.63) is 35.4 Å². The molecule has 1 aromatic carbocycles. The van der Waals surface area contributed by atoms with E-state index in [4.69, 9.17) is 9.47 Å². The van der Waals surface area contributed by atoms with Crippen LogP contribution < -0.4 is 0 Å². The second-order valence-electron chi connectivity index (χ2n) is 5.94. The zero-order valence-corrected chi connectivity index (χ0v) is 12.4. The van der Waals surface area contributed by atoms with E-state index in [9.17, 15) is 0 Å². The molecule has 0 amide bonds. The molecule has 1 aromatic rings. The molecule has 0 bridgehead atoms. The lowest BCUT2D eigenvalue weighted by Crippen LogP contribution is -2.22. The molecule has 0 N–H and O–H groups in total. The van der Waals surface area contributed by atoms with Crippen LogP contribution in [0.1, 0.15) is 44.2 Å². The molecule has 0 radical (unpaired) electrons. The molecule has 1 aliphatic rings. The predicted molar refractivity (Wildman–Crippen MR) is 77.9 cm³/mol. The summed E-state index contributed by atoms with van der Waals surface area (Å²) in [4.78, 5) is 0. The first-order valence-electron chi connectivity index (χ1n) is 7.39. The van der Waals surface area contributed by atoms with Crippen LogP contribution in [0.25, 0.3) is 0 Å². The average Bonchev–Trinajstić information content (AvgIpc) is 2.87. The van der Waals surface area contributed by atoms with Crippen LogP contribution in [-0.4, -0.2) is 13.2 Å². The molecular formula is C17H26O2. The first kappa shape index (κ1) is 14.5. The monoisotopic (exact) mass is 262 g/mol. The third kappa shape index (κ3) is 4.05. The molecule has 1 saturated carbocycles. The maximum Gasteiger partial charge on any atom is 0.0720 e. The molecule has 2 nitrogen and oxygen atoms in total. The van der Waals surface area contributed by atoms with Gasteiger partial charge >= 0.3 is 0 Å². The Labute approximate surface area is 117 Å². The Morgan fingerprint density at radius 3 is 2.26 bits per heavy atom. The molecule has 2 rings (SSSR count). The van der Waals surface area contributed by atoms with Crippen molar-refractivity contribution in [1.29, 1.82) is 0 Å². The summed E-state index contributed by atoms with van der Waals surface area (Å²) >= 11 is 0. The fourth-order valence-electron chi connectivity index (χ4n) is 3.03. The van der Waals surface area contributed by atoms with E-state index in [1.807, 2.05) is 0 Å². The van der Waals surface area contributed by atoms with Gasteiger partial charge in [-0.1, -0.05) is 44.5 Å². The molecule has 2 heteroatoms. The summed E-state index contributed by atoms with van der Waals surface area (Å²) in [5.74, 6) is 1.48. The van der Waals surface area contributed by atoms with Crippen LogP contribution >= 0.6 is 0 Å². The fraction of sp³-hybridized carbons (Fsp3) is 0.647. The Morgan fingerprint density at radius 1 is 1.05 bits per heavy atom. The van der Waals surface area contributed by atoms with Gasteiger partial charge in [0.1, 0.15) is 0 Å². The topological polar surface area (TPSA) is 18.5 Å². The SMILES string of the molecule is COCc1ccc(CO[C@@H]2CCCC2C(C)C)cc1. The molecule has 19 heavy (non-hydrogen) atoms. The van der Waals surface area contributed by atoms with Gasteiger partial charge in [-0.05, 0) is 35.8 Å². The number of hydrogen-bond acceptors (Lipinski definition) is 2. The number of ether oxygens (including phenoxy) is 2. The smallest absolute Gasteiger partial charge is 0.0720 e. The van der Waals surface area contributed by atoms with Crippen LogP contribution in [0.4, 0.5) is 0 Å². The Hall–Kier alpha value is -0.860. The van der Waals surface area contributed by atoms with E-state index in [0.717, 1.165) is 18.4 Å². The van der Waals surface area contributed by atoms with Gasteiger partial charge in [-0.25, -0.2) is 0 Å². The first-order chi connectivity index (χ1) is 9.20. The number of hydrogen-bond donors (Lipinski definition) is 0. The molecule has 106 valence electrons. The van der Waals surface area contributed by atoms with Crippen molar-refractivity contribution in [1.82, 2.24) is 0 Å². The Kier molecular flexibility index (Phi) is 5.41. The molecule has 1 fully saturated rings. The van der Waals surface area contributed by atoms with Crippen molar-refractivity contribution < 1.29 is 9.47 Å². The minimum Gasteiger partial charge on any atom is -0.380 e. The van der Waals surface area contributed by atoms with Gasteiger partial charge in [0.15, 0.2) is 0 Å². The lowest BCUT2D eigenvalue weighted by Gasteiger charge is -2.23. The molecule has 1 aliphatic carbocycles. The van der Waals surface area contributed by atoms with E-state index in [1.54, 1.807) is 7.11 Å². The molecule has 0 aliphatic heterocycles. The molecular weight excluding hydrogens is 236 g/mol. The van der Waals surface area contributed by atoms with Crippen molar-refractivity contribution in [2.45, 2.75) is 52.4 Å². The number of benzene rings is 1. The number of rotatable bonds is 6. The van der Waals surface area contributed by atoms with Gasteiger partial charge in [0, 0.05) is 7.11 Å². The zero-order chi connectivity index (χ0) is 13.7. The Bertz CT molecular complexity index is 369. The summed E-state index contributed by atoms with van der Waals surface area (Å²) < 4.78 is 11.2. The second kappa shape index (κ2) is 7.06. The van der Waals surface area contributed by atoms with Crippen LogP contribution in [0, 0.1) is 11.8 Å². The Morgan fingerprint density at radius 2 is 1.68 bits per heavy atom. The third-order valence-corrected chi connectivity index (χ3v) is 4.16. The maximum atomic E-state index is 6.13. The maximum absolute atomic E-state index is 6.13. The summed E-state index contributed by atoms with van der Waals surface area (Å²) in [7, 11) is 1.73. The van der Waals surface area contributed by atoms with Crippen LogP contribution in [0.3, 0.4) is 0 Å². The van der Waals surface area contributed by atoms with E-state index in [0.29, 0.717) is 12.7 Å². The van der Waals surface area contributed by atoms with E-state index in [2.05, 4.69) is 38.1 Å². The van der Waals surface area contributed by atoms with Gasteiger partial charge in [0.25, 0.3) is 0 Å². The van der Waals surface area contributed by atoms with Gasteiger partial charge < -0.3 is 9.47 Å². The highest BCUT2D eigenvalue weighted by molar-refractivity contribution is 5.21. The van der Waals surface area contributed by atoms with Crippen LogP contribution in [0.5, 0.6) is 0 Å². The second-order valence-corrected chi connectivity index (χ2v) is 5.94. The summed E-state index contributed by atoms with van der Waals surface area (Å²) in [6.45, 7) is 6.04. The summed E-state index contributed by atoms with van der Waals surface area (Å²) in [5, 5.41) is 0. The predicted octanol–water partition coefficient (Wildman–Crippen LogP) is 4.17. The summed E-state index contributed by atoms with van der Waals surface area (Å²) in [5.41, 5.74) is 2.47. The van der Waals surface area contributed by atoms with Gasteiger partial charge in [-0.15, -0.1) is 0 Å². The van der Waals surface area contributed by atoms with Crippen LogP contribution in [0.15, 0.2) is 24.3 Å². The highest BCUT2D eigenvalue weighted by atomic mass is 16.5. The Balaban J connectivity index is 1.84. The van der Waals surface area contributed by atoms with Gasteiger partial charge in [0.2, 0.25) is 0 Å². The largest absolute Gasteiger partial charge is 0.380 e. The van der Waals surface area contributed by atoms with Gasteiger partial charge in [-0.3, -0.25) is 0 Å². The summed E-state index contributed by atoms with van der Waals surface area (Å²) in [6, 6.07) is 8.54. The minimum atomic E-state index is 0.457. The lowest BCUT2D eigenvalue weighted by atomic mass is 9.92. The fourth-order valence-corrected chi connectivity index (χ4v) is 3.03. The van der Waals surface area contributed by atoms with Gasteiger partial charge in [-0.2, -0.15) is 0 Å². The molecule has 0 aromatic heterocycles. The van der Waals surface area contributed by atoms with Crippen molar-refractivity contribution >= 4 is 0 Å². The first-order valence-corrected chi connectivity index (χ1v) is 7.39. The van der Waals surface area contributed by atoms with Crippen molar-refractivity contribution in [3.63, 3.8) is 0 Å². The highest BCUT2D eigenvalue weighted by Crippen LogP contribution is 2.34. The van der Waals surface area contributed by atoms with Gasteiger partial charge in [0.05, 0.1) is 19.3 Å². The lowest BCUT2D eigenvalue weighted by molar-refractivity contribution is 0.00354. The van der Waals surface area contributed by atoms with Crippen LogP contribution in [0.2, 0.25) is 0 Å². The minimum absolute atomic E-state index is 0.457. The standard InChI is InChI=1S/C17H26O2/c1-13(2)16-5-4-6-17(16)19-12-15-9-7-14(8-10-15)11-18-3/h7-10,13,16-17H,4-6,11-12H2,1-3H3/t16?,17-/m1/s1. The van der Waals surface area contributed by atoms with Crippen LogP contribution in [-0.2, 0) is 22.7 Å². The summed E-state index contributed by atoms with van der Waals surface area (Å²) in [6.07, 6.45) is 4.33.